The lowest BCUT2D eigenvalue weighted by Gasteiger charge is -2.30. The summed E-state index contributed by atoms with van der Waals surface area (Å²) in [5, 5.41) is 2.83. The lowest BCUT2D eigenvalue weighted by atomic mass is 10.1. The second-order valence-electron chi connectivity index (χ2n) is 3.93. The van der Waals surface area contributed by atoms with Gasteiger partial charge in [-0.1, -0.05) is 18.2 Å². The van der Waals surface area contributed by atoms with Gasteiger partial charge < -0.3 is 10.2 Å². The SMILES string of the molecule is CN1c2ccccc2CNCC1C(F)(F)F. The minimum atomic E-state index is -4.21. The monoisotopic (exact) mass is 230 g/mol. The van der Waals surface area contributed by atoms with Crippen LogP contribution in [0.4, 0.5) is 18.9 Å². The Balaban J connectivity index is 2.37. The van der Waals surface area contributed by atoms with Crippen molar-refractivity contribution in [2.75, 3.05) is 18.5 Å². The molecule has 1 atom stereocenters. The van der Waals surface area contributed by atoms with E-state index in [1.807, 2.05) is 12.1 Å². The number of hydrogen-bond acceptors (Lipinski definition) is 2. The highest BCUT2D eigenvalue weighted by Gasteiger charge is 2.43. The lowest BCUT2D eigenvalue weighted by Crippen LogP contribution is -2.48. The predicted molar refractivity (Wildman–Crippen MR) is 56.4 cm³/mol. The van der Waals surface area contributed by atoms with Crippen LogP contribution in [-0.2, 0) is 6.54 Å². The number of alkyl halides is 3. The van der Waals surface area contributed by atoms with Crippen molar-refractivity contribution in [1.82, 2.24) is 5.32 Å². The molecule has 1 N–H and O–H groups in total. The number of nitrogens with zero attached hydrogens (tertiary/aromatic N) is 1. The van der Waals surface area contributed by atoms with Crippen molar-refractivity contribution < 1.29 is 13.2 Å². The highest BCUT2D eigenvalue weighted by Crippen LogP contribution is 2.31. The molecule has 1 aromatic rings. The number of fused-ring (bicyclic) bond motifs is 1. The number of anilines is 1. The molecule has 0 saturated carbocycles. The van der Waals surface area contributed by atoms with Crippen LogP contribution in [-0.4, -0.2) is 25.8 Å². The molecule has 88 valence electrons. The van der Waals surface area contributed by atoms with Crippen molar-refractivity contribution in [3.05, 3.63) is 29.8 Å². The van der Waals surface area contributed by atoms with Gasteiger partial charge in [-0.25, -0.2) is 0 Å². The van der Waals surface area contributed by atoms with Crippen LogP contribution in [0.25, 0.3) is 0 Å². The fourth-order valence-corrected chi connectivity index (χ4v) is 1.99. The van der Waals surface area contributed by atoms with Crippen LogP contribution in [0.1, 0.15) is 5.56 Å². The largest absolute Gasteiger partial charge is 0.409 e. The van der Waals surface area contributed by atoms with Gasteiger partial charge >= 0.3 is 6.18 Å². The van der Waals surface area contributed by atoms with Gasteiger partial charge in [-0.2, -0.15) is 13.2 Å². The Morgan fingerprint density at radius 1 is 1.31 bits per heavy atom. The summed E-state index contributed by atoms with van der Waals surface area (Å²) in [4.78, 5) is 1.30. The van der Waals surface area contributed by atoms with Gasteiger partial charge in [-0.3, -0.25) is 0 Å². The maximum atomic E-state index is 12.8. The van der Waals surface area contributed by atoms with Gasteiger partial charge in [0.25, 0.3) is 0 Å². The minimum absolute atomic E-state index is 0.0747. The zero-order valence-corrected chi connectivity index (χ0v) is 8.88. The Labute approximate surface area is 92.1 Å². The molecule has 2 nitrogen and oxygen atoms in total. The molecule has 0 fully saturated rings. The normalized spacial score (nSPS) is 21.5. The average Bonchev–Trinajstić information content (AvgIpc) is 2.38. The van der Waals surface area contributed by atoms with Gasteiger partial charge in [-0.05, 0) is 11.6 Å². The Hall–Kier alpha value is -1.23. The summed E-state index contributed by atoms with van der Waals surface area (Å²) in [6.07, 6.45) is -4.21. The van der Waals surface area contributed by atoms with E-state index in [4.69, 9.17) is 0 Å². The smallest absolute Gasteiger partial charge is 0.362 e. The van der Waals surface area contributed by atoms with E-state index in [0.29, 0.717) is 12.2 Å². The number of benzene rings is 1. The van der Waals surface area contributed by atoms with Crippen molar-refractivity contribution in [1.29, 1.82) is 0 Å². The first-order chi connectivity index (χ1) is 7.50. The van der Waals surface area contributed by atoms with E-state index in [2.05, 4.69) is 5.32 Å². The molecule has 0 spiro atoms. The quantitative estimate of drug-likeness (QED) is 0.734. The zero-order chi connectivity index (χ0) is 11.8. The molecular weight excluding hydrogens is 217 g/mol. The van der Waals surface area contributed by atoms with Crippen LogP contribution in [0.2, 0.25) is 0 Å². The Kier molecular flexibility index (Phi) is 2.80. The summed E-state index contributed by atoms with van der Waals surface area (Å²) in [5.74, 6) is 0. The van der Waals surface area contributed by atoms with Crippen LogP contribution in [0, 0.1) is 0 Å². The van der Waals surface area contributed by atoms with Crippen molar-refractivity contribution in [2.45, 2.75) is 18.8 Å². The van der Waals surface area contributed by atoms with Crippen LogP contribution in [0.3, 0.4) is 0 Å². The average molecular weight is 230 g/mol. The third-order valence-electron chi connectivity index (χ3n) is 2.87. The fourth-order valence-electron chi connectivity index (χ4n) is 1.99. The lowest BCUT2D eigenvalue weighted by molar-refractivity contribution is -0.146. The van der Waals surface area contributed by atoms with E-state index < -0.39 is 12.2 Å². The molecule has 1 aromatic carbocycles. The highest BCUT2D eigenvalue weighted by molar-refractivity contribution is 5.55. The van der Waals surface area contributed by atoms with E-state index in [-0.39, 0.29) is 6.54 Å². The number of rotatable bonds is 0. The number of para-hydroxylation sites is 1. The number of hydrogen-bond donors (Lipinski definition) is 1. The second-order valence-corrected chi connectivity index (χ2v) is 3.93. The van der Waals surface area contributed by atoms with Gasteiger partial charge in [0.1, 0.15) is 6.04 Å². The van der Waals surface area contributed by atoms with Gasteiger partial charge in [0.15, 0.2) is 0 Å². The first-order valence-corrected chi connectivity index (χ1v) is 5.08. The molecule has 1 aliphatic heterocycles. The maximum absolute atomic E-state index is 12.8. The fraction of sp³-hybridized carbons (Fsp3) is 0.455. The van der Waals surface area contributed by atoms with E-state index >= 15 is 0 Å². The van der Waals surface area contributed by atoms with Gasteiger partial charge in [0, 0.05) is 25.8 Å². The standard InChI is InChI=1S/C11H13F3N2/c1-16-9-5-3-2-4-8(9)6-15-7-10(16)11(12,13)14/h2-5,10,15H,6-7H2,1H3. The summed E-state index contributed by atoms with van der Waals surface area (Å²) in [6.45, 7) is 0.405. The van der Waals surface area contributed by atoms with Crippen LogP contribution >= 0.6 is 0 Å². The summed E-state index contributed by atoms with van der Waals surface area (Å²) in [7, 11) is 1.49. The van der Waals surface area contributed by atoms with Crippen molar-refractivity contribution in [3.8, 4) is 0 Å². The molecule has 0 aromatic heterocycles. The molecular formula is C11H13F3N2. The molecule has 0 bridgehead atoms. The number of likely N-dealkylation sites (N-methyl/N-ethyl adjacent to an activating group) is 1. The van der Waals surface area contributed by atoms with E-state index in [1.54, 1.807) is 12.1 Å². The summed E-state index contributed by atoms with van der Waals surface area (Å²) in [6, 6.07) is 5.70. The molecule has 0 saturated heterocycles. The topological polar surface area (TPSA) is 15.3 Å². The third-order valence-corrected chi connectivity index (χ3v) is 2.87. The van der Waals surface area contributed by atoms with Crippen molar-refractivity contribution in [3.63, 3.8) is 0 Å². The molecule has 1 heterocycles. The molecule has 0 radical (unpaired) electrons. The van der Waals surface area contributed by atoms with Crippen LogP contribution in [0.5, 0.6) is 0 Å². The predicted octanol–water partition coefficient (Wildman–Crippen LogP) is 2.16. The molecule has 0 amide bonds. The number of nitrogens with one attached hydrogen (secondary N) is 1. The van der Waals surface area contributed by atoms with E-state index in [9.17, 15) is 13.2 Å². The molecule has 16 heavy (non-hydrogen) atoms. The van der Waals surface area contributed by atoms with Crippen molar-refractivity contribution in [2.24, 2.45) is 0 Å². The van der Waals surface area contributed by atoms with E-state index in [1.165, 1.54) is 11.9 Å². The molecule has 0 aliphatic carbocycles. The third kappa shape index (κ3) is 2.00. The second kappa shape index (κ2) is 3.97. The van der Waals surface area contributed by atoms with Gasteiger partial charge in [0.05, 0.1) is 0 Å². The Morgan fingerprint density at radius 2 is 2.00 bits per heavy atom. The number of halogens is 3. The molecule has 1 aliphatic rings. The summed E-state index contributed by atoms with van der Waals surface area (Å²) in [5.41, 5.74) is 1.55. The Bertz CT molecular complexity index is 376. The minimum Gasteiger partial charge on any atom is -0.362 e. The Morgan fingerprint density at radius 3 is 2.69 bits per heavy atom. The molecule has 5 heteroatoms. The maximum Gasteiger partial charge on any atom is 0.409 e. The first-order valence-electron chi connectivity index (χ1n) is 5.08. The summed E-state index contributed by atoms with van der Waals surface area (Å²) >= 11 is 0. The molecule has 1 unspecified atom stereocenters. The van der Waals surface area contributed by atoms with Crippen molar-refractivity contribution >= 4 is 5.69 Å². The van der Waals surface area contributed by atoms with Crippen LogP contribution in [0.15, 0.2) is 24.3 Å². The van der Waals surface area contributed by atoms with Gasteiger partial charge in [0.2, 0.25) is 0 Å². The zero-order valence-electron chi connectivity index (χ0n) is 8.88. The summed E-state index contributed by atoms with van der Waals surface area (Å²) < 4.78 is 38.4. The highest BCUT2D eigenvalue weighted by atomic mass is 19.4. The first kappa shape index (κ1) is 11.3. The van der Waals surface area contributed by atoms with E-state index in [0.717, 1.165) is 5.56 Å². The van der Waals surface area contributed by atoms with Crippen LogP contribution < -0.4 is 10.2 Å². The molecule has 2 rings (SSSR count). The van der Waals surface area contributed by atoms with Gasteiger partial charge in [-0.15, -0.1) is 0 Å².